The Morgan fingerprint density at radius 1 is 1.35 bits per heavy atom. The summed E-state index contributed by atoms with van der Waals surface area (Å²) in [5.41, 5.74) is 0.835. The maximum Gasteiger partial charge on any atom is 0.320 e. The summed E-state index contributed by atoms with van der Waals surface area (Å²) in [6, 6.07) is 9.30. The fourth-order valence-electron chi connectivity index (χ4n) is 1.91. The van der Waals surface area contributed by atoms with Gasteiger partial charge in [0.05, 0.1) is 11.3 Å². The number of hydrogen-bond donors (Lipinski definition) is 3. The number of para-hydroxylation sites is 1. The number of aliphatic hydroxyl groups is 1. The van der Waals surface area contributed by atoms with Crippen molar-refractivity contribution >= 4 is 11.8 Å². The van der Waals surface area contributed by atoms with Crippen LogP contribution in [0.25, 0.3) is 5.69 Å². The Hall–Kier alpha value is -2.34. The molecule has 1 atom stereocenters. The van der Waals surface area contributed by atoms with E-state index in [1.54, 1.807) is 11.6 Å². The molecule has 0 saturated heterocycles. The number of aromatic nitrogens is 2. The highest BCUT2D eigenvalue weighted by atomic mass is 16.3. The van der Waals surface area contributed by atoms with Crippen molar-refractivity contribution in [3.63, 3.8) is 0 Å². The van der Waals surface area contributed by atoms with Gasteiger partial charge in [0, 0.05) is 18.3 Å². The van der Waals surface area contributed by atoms with E-state index in [2.05, 4.69) is 15.7 Å². The second-order valence-electron chi connectivity index (χ2n) is 6.26. The van der Waals surface area contributed by atoms with E-state index in [1.165, 1.54) is 0 Å². The summed E-state index contributed by atoms with van der Waals surface area (Å²) < 4.78 is 1.72. The monoisotopic (exact) mass is 316 g/mol. The molecule has 0 aliphatic carbocycles. The molecule has 1 aromatic heterocycles. The van der Waals surface area contributed by atoms with E-state index in [9.17, 15) is 9.90 Å². The van der Waals surface area contributed by atoms with E-state index in [-0.39, 0.29) is 18.5 Å². The molecule has 1 aromatic carbocycles. The number of amides is 2. The van der Waals surface area contributed by atoms with Crippen LogP contribution in [-0.4, -0.2) is 33.1 Å². The van der Waals surface area contributed by atoms with Gasteiger partial charge in [-0.2, -0.15) is 0 Å². The van der Waals surface area contributed by atoms with Crippen molar-refractivity contribution in [3.05, 3.63) is 42.1 Å². The maximum atomic E-state index is 12.0. The van der Waals surface area contributed by atoms with Gasteiger partial charge in [-0.25, -0.2) is 9.48 Å². The first-order valence-electron chi connectivity index (χ1n) is 7.68. The van der Waals surface area contributed by atoms with Crippen molar-refractivity contribution in [2.45, 2.75) is 33.3 Å². The molecule has 0 saturated carbocycles. The number of hydrogen-bond acceptors (Lipinski definition) is 3. The first kappa shape index (κ1) is 17.0. The highest BCUT2D eigenvalue weighted by Gasteiger charge is 2.25. The number of nitrogens with zero attached hydrogens (tertiary/aromatic N) is 2. The van der Waals surface area contributed by atoms with Gasteiger partial charge in [-0.3, -0.25) is 5.32 Å². The van der Waals surface area contributed by atoms with Crippen LogP contribution in [0.15, 0.2) is 36.5 Å². The van der Waals surface area contributed by atoms with Crippen LogP contribution in [-0.2, 0) is 0 Å². The van der Waals surface area contributed by atoms with Crippen LogP contribution in [0.2, 0.25) is 0 Å². The molecule has 2 rings (SSSR count). The number of benzene rings is 1. The number of carbonyl (C=O) groups is 1. The molecule has 6 heteroatoms. The first-order valence-corrected chi connectivity index (χ1v) is 7.68. The molecule has 2 aromatic rings. The molecular formula is C17H24N4O2. The standard InChI is InChI=1S/C17H24N4O2/c1-12(2)17(4,23)11-18-16(22)19-15-13(3)10-21(20-15)14-8-6-5-7-9-14/h5-10,12,23H,11H2,1-4H3,(H2,18,19,20,22). The van der Waals surface area contributed by atoms with Crippen molar-refractivity contribution < 1.29 is 9.90 Å². The van der Waals surface area contributed by atoms with Crippen LogP contribution < -0.4 is 10.6 Å². The number of rotatable bonds is 5. The SMILES string of the molecule is Cc1cn(-c2ccccc2)nc1NC(=O)NCC(C)(O)C(C)C. The Kier molecular flexibility index (Phi) is 5.05. The van der Waals surface area contributed by atoms with Gasteiger partial charge in [-0.05, 0) is 31.9 Å². The molecule has 1 heterocycles. The van der Waals surface area contributed by atoms with E-state index >= 15 is 0 Å². The molecule has 0 aliphatic rings. The van der Waals surface area contributed by atoms with Crippen molar-refractivity contribution in [1.29, 1.82) is 0 Å². The molecule has 0 bridgehead atoms. The number of anilines is 1. The molecule has 23 heavy (non-hydrogen) atoms. The van der Waals surface area contributed by atoms with Gasteiger partial charge in [0.1, 0.15) is 0 Å². The van der Waals surface area contributed by atoms with Crippen molar-refractivity contribution in [2.24, 2.45) is 5.92 Å². The summed E-state index contributed by atoms with van der Waals surface area (Å²) in [7, 11) is 0. The van der Waals surface area contributed by atoms with Crippen LogP contribution in [0.5, 0.6) is 0 Å². The molecule has 0 aliphatic heterocycles. The lowest BCUT2D eigenvalue weighted by atomic mass is 9.93. The summed E-state index contributed by atoms with van der Waals surface area (Å²) in [6.45, 7) is 7.57. The zero-order valence-corrected chi connectivity index (χ0v) is 14.0. The molecule has 3 N–H and O–H groups in total. The quantitative estimate of drug-likeness (QED) is 0.793. The first-order chi connectivity index (χ1) is 10.8. The van der Waals surface area contributed by atoms with Gasteiger partial charge >= 0.3 is 6.03 Å². The van der Waals surface area contributed by atoms with Crippen LogP contribution >= 0.6 is 0 Å². The Morgan fingerprint density at radius 3 is 2.61 bits per heavy atom. The number of nitrogens with one attached hydrogen (secondary N) is 2. The number of aryl methyl sites for hydroxylation is 1. The smallest absolute Gasteiger partial charge is 0.320 e. The molecule has 124 valence electrons. The summed E-state index contributed by atoms with van der Waals surface area (Å²) in [4.78, 5) is 12.0. The molecule has 1 unspecified atom stereocenters. The predicted molar refractivity (Wildman–Crippen MR) is 90.8 cm³/mol. The van der Waals surface area contributed by atoms with Gasteiger partial charge in [-0.1, -0.05) is 32.0 Å². The van der Waals surface area contributed by atoms with E-state index in [0.717, 1.165) is 11.3 Å². The largest absolute Gasteiger partial charge is 0.388 e. The second kappa shape index (κ2) is 6.83. The van der Waals surface area contributed by atoms with Crippen LogP contribution in [0.1, 0.15) is 26.3 Å². The zero-order chi connectivity index (χ0) is 17.0. The molecule has 2 amide bonds. The third-order valence-electron chi connectivity index (χ3n) is 4.00. The third-order valence-corrected chi connectivity index (χ3v) is 4.00. The lowest BCUT2D eigenvalue weighted by molar-refractivity contribution is 0.0170. The third kappa shape index (κ3) is 4.32. The average Bonchev–Trinajstić information content (AvgIpc) is 2.87. The molecule has 0 radical (unpaired) electrons. The minimum absolute atomic E-state index is 0.0434. The average molecular weight is 316 g/mol. The number of urea groups is 1. The summed E-state index contributed by atoms with van der Waals surface area (Å²) in [5, 5.41) is 19.9. The topological polar surface area (TPSA) is 79.2 Å². The molecule has 0 fully saturated rings. The van der Waals surface area contributed by atoms with Crippen LogP contribution in [0.4, 0.5) is 10.6 Å². The van der Waals surface area contributed by atoms with Gasteiger partial charge in [-0.15, -0.1) is 5.10 Å². The van der Waals surface area contributed by atoms with E-state index < -0.39 is 5.60 Å². The van der Waals surface area contributed by atoms with E-state index in [1.807, 2.05) is 57.3 Å². The van der Waals surface area contributed by atoms with E-state index in [4.69, 9.17) is 0 Å². The van der Waals surface area contributed by atoms with Crippen LogP contribution in [0, 0.1) is 12.8 Å². The van der Waals surface area contributed by atoms with Crippen LogP contribution in [0.3, 0.4) is 0 Å². The Bertz CT molecular complexity index is 662. The predicted octanol–water partition coefficient (Wildman–Crippen LogP) is 2.71. The van der Waals surface area contributed by atoms with Crippen molar-refractivity contribution in [2.75, 3.05) is 11.9 Å². The summed E-state index contributed by atoms with van der Waals surface area (Å²) >= 11 is 0. The molecular weight excluding hydrogens is 292 g/mol. The van der Waals surface area contributed by atoms with Gasteiger partial charge in [0.2, 0.25) is 0 Å². The van der Waals surface area contributed by atoms with Crippen molar-refractivity contribution in [3.8, 4) is 5.69 Å². The normalized spacial score (nSPS) is 13.7. The Morgan fingerprint density at radius 2 is 2.00 bits per heavy atom. The summed E-state index contributed by atoms with van der Waals surface area (Å²) in [6.07, 6.45) is 1.86. The molecule has 0 spiro atoms. The highest BCUT2D eigenvalue weighted by molar-refractivity contribution is 5.88. The minimum atomic E-state index is -0.949. The lowest BCUT2D eigenvalue weighted by Gasteiger charge is -2.27. The summed E-state index contributed by atoms with van der Waals surface area (Å²) in [5.74, 6) is 0.539. The second-order valence-corrected chi connectivity index (χ2v) is 6.26. The van der Waals surface area contributed by atoms with Gasteiger partial charge < -0.3 is 10.4 Å². The fourth-order valence-corrected chi connectivity index (χ4v) is 1.91. The fraction of sp³-hybridized carbons (Fsp3) is 0.412. The maximum absolute atomic E-state index is 12.0. The Labute approximate surface area is 136 Å². The highest BCUT2D eigenvalue weighted by Crippen LogP contribution is 2.16. The van der Waals surface area contributed by atoms with Crippen molar-refractivity contribution in [1.82, 2.24) is 15.1 Å². The minimum Gasteiger partial charge on any atom is -0.388 e. The van der Waals surface area contributed by atoms with E-state index in [0.29, 0.717) is 5.82 Å². The molecule has 6 nitrogen and oxygen atoms in total. The zero-order valence-electron chi connectivity index (χ0n) is 14.0. The van der Waals surface area contributed by atoms with Gasteiger partial charge in [0.15, 0.2) is 5.82 Å². The van der Waals surface area contributed by atoms with Gasteiger partial charge in [0.25, 0.3) is 0 Å². The lowest BCUT2D eigenvalue weighted by Crippen LogP contribution is -2.45. The Balaban J connectivity index is 2.01. The number of carbonyl (C=O) groups excluding carboxylic acids is 1.